The van der Waals surface area contributed by atoms with E-state index in [2.05, 4.69) is 42.3 Å². The van der Waals surface area contributed by atoms with Gasteiger partial charge < -0.3 is 0 Å². The van der Waals surface area contributed by atoms with Gasteiger partial charge in [-0.3, -0.25) is 4.79 Å². The van der Waals surface area contributed by atoms with Crippen LogP contribution < -0.4 is 0 Å². The minimum absolute atomic E-state index is 0.00617. The first kappa shape index (κ1) is 11.5. The topological polar surface area (TPSA) is 17.1 Å². The molecule has 0 aliphatic carbocycles. The van der Waals surface area contributed by atoms with Gasteiger partial charge in [0.15, 0.2) is 0 Å². The van der Waals surface area contributed by atoms with Gasteiger partial charge in [0.1, 0.15) is 15.4 Å². The van der Waals surface area contributed by atoms with E-state index in [1.165, 1.54) is 0 Å². The quantitative estimate of drug-likeness (QED) is 0.544. The third-order valence-corrected chi connectivity index (χ3v) is 6.45. The zero-order chi connectivity index (χ0) is 9.23. The molecule has 0 aromatic rings. The Morgan fingerprint density at radius 1 is 1.45 bits per heavy atom. The highest BCUT2D eigenvalue weighted by Crippen LogP contribution is 2.26. The average molecular weight is 240 g/mol. The van der Waals surface area contributed by atoms with Crippen LogP contribution >= 0.6 is 15.9 Å². The first-order valence-corrected chi connectivity index (χ1v) is 6.48. The summed E-state index contributed by atoms with van der Waals surface area (Å²) < 4.78 is 0.0752. The van der Waals surface area contributed by atoms with Gasteiger partial charge in [0, 0.05) is 0 Å². The summed E-state index contributed by atoms with van der Waals surface area (Å²) in [6.45, 7) is 5.88. The Morgan fingerprint density at radius 3 is 1.91 bits per heavy atom. The Balaban J connectivity index is 4.41. The van der Waals surface area contributed by atoms with E-state index in [0.29, 0.717) is 0 Å². The summed E-state index contributed by atoms with van der Waals surface area (Å²) in [7, 11) is 0.256. The monoisotopic (exact) mass is 239 g/mol. The van der Waals surface area contributed by atoms with Crippen molar-refractivity contribution in [3.05, 3.63) is 0 Å². The molecule has 0 bridgehead atoms. The van der Waals surface area contributed by atoms with Crippen LogP contribution in [0.15, 0.2) is 0 Å². The highest BCUT2D eigenvalue weighted by atomic mass is 79.9. The van der Waals surface area contributed by atoms with Crippen molar-refractivity contribution in [1.82, 2.24) is 0 Å². The average Bonchev–Trinajstić information content (AvgIpc) is 1.85. The summed E-state index contributed by atoms with van der Waals surface area (Å²) in [4.78, 5) is 11.0. The SMILES string of the molecule is CC(=O)C(Br)C(C)(C)[S+](C)C. The molecule has 0 fully saturated rings. The summed E-state index contributed by atoms with van der Waals surface area (Å²) in [5.74, 6) is 0.219. The number of hydrogen-bond acceptors (Lipinski definition) is 1. The summed E-state index contributed by atoms with van der Waals surface area (Å²) in [5, 5.41) is 0. The molecule has 0 rings (SSSR count). The van der Waals surface area contributed by atoms with E-state index in [9.17, 15) is 4.79 Å². The van der Waals surface area contributed by atoms with Gasteiger partial charge in [-0.2, -0.15) is 0 Å². The van der Waals surface area contributed by atoms with Gasteiger partial charge in [-0.05, 0) is 31.7 Å². The second-order valence-corrected chi connectivity index (χ2v) is 6.99. The molecule has 3 heteroatoms. The van der Waals surface area contributed by atoms with Crippen molar-refractivity contribution < 1.29 is 4.79 Å². The van der Waals surface area contributed by atoms with Crippen molar-refractivity contribution in [3.63, 3.8) is 0 Å². The Labute approximate surface area is 80.4 Å². The van der Waals surface area contributed by atoms with Crippen LogP contribution in [0.2, 0.25) is 0 Å². The fraction of sp³-hybridized carbons (Fsp3) is 0.875. The highest BCUT2D eigenvalue weighted by molar-refractivity contribution is 9.10. The number of rotatable bonds is 3. The normalized spacial score (nSPS) is 15.2. The second-order valence-electron chi connectivity index (χ2n) is 3.39. The first-order chi connectivity index (χ1) is 4.80. The van der Waals surface area contributed by atoms with Crippen LogP contribution in [0.1, 0.15) is 20.8 Å². The van der Waals surface area contributed by atoms with E-state index in [1.54, 1.807) is 6.92 Å². The molecule has 0 radical (unpaired) electrons. The van der Waals surface area contributed by atoms with Crippen molar-refractivity contribution in [2.45, 2.75) is 30.3 Å². The number of hydrogen-bond donors (Lipinski definition) is 0. The number of carbonyl (C=O) groups is 1. The molecule has 0 aromatic carbocycles. The smallest absolute Gasteiger partial charge is 0.148 e. The molecule has 0 aliphatic rings. The highest BCUT2D eigenvalue weighted by Gasteiger charge is 2.41. The third-order valence-electron chi connectivity index (χ3n) is 2.02. The van der Waals surface area contributed by atoms with Crippen molar-refractivity contribution in [1.29, 1.82) is 0 Å². The Kier molecular flexibility index (Phi) is 4.12. The summed E-state index contributed by atoms with van der Waals surface area (Å²) in [5.41, 5.74) is 0. The fourth-order valence-corrected chi connectivity index (χ4v) is 2.40. The maximum Gasteiger partial charge on any atom is 0.148 e. The number of alkyl halides is 1. The molecule has 0 spiro atoms. The molecule has 0 saturated carbocycles. The lowest BCUT2D eigenvalue weighted by molar-refractivity contribution is -0.116. The van der Waals surface area contributed by atoms with Gasteiger partial charge in [-0.15, -0.1) is 0 Å². The Morgan fingerprint density at radius 2 is 1.82 bits per heavy atom. The predicted octanol–water partition coefficient (Wildman–Crippen LogP) is 2.00. The molecule has 0 aromatic heterocycles. The van der Waals surface area contributed by atoms with Crippen molar-refractivity contribution in [3.8, 4) is 0 Å². The predicted molar refractivity (Wildman–Crippen MR) is 56.7 cm³/mol. The molecule has 0 amide bonds. The van der Waals surface area contributed by atoms with Gasteiger partial charge in [0.2, 0.25) is 0 Å². The largest absolute Gasteiger partial charge is 0.299 e. The van der Waals surface area contributed by atoms with Gasteiger partial charge in [-0.1, -0.05) is 15.9 Å². The lowest BCUT2D eigenvalue weighted by atomic mass is 10.1. The van der Waals surface area contributed by atoms with E-state index in [1.807, 2.05) is 0 Å². The lowest BCUT2D eigenvalue weighted by Gasteiger charge is -2.24. The van der Waals surface area contributed by atoms with Crippen molar-refractivity contribution in [2.24, 2.45) is 0 Å². The Hall–Kier alpha value is 0.500. The van der Waals surface area contributed by atoms with Gasteiger partial charge in [0.25, 0.3) is 0 Å². The summed E-state index contributed by atoms with van der Waals surface area (Å²) in [6.07, 6.45) is 4.33. The van der Waals surface area contributed by atoms with Crippen LogP contribution in [0.5, 0.6) is 0 Å². The van der Waals surface area contributed by atoms with E-state index < -0.39 is 0 Å². The zero-order valence-electron chi connectivity index (χ0n) is 7.77. The van der Waals surface area contributed by atoms with E-state index in [4.69, 9.17) is 0 Å². The fourth-order valence-electron chi connectivity index (χ4n) is 0.696. The van der Waals surface area contributed by atoms with Gasteiger partial charge in [0.05, 0.1) is 12.5 Å². The first-order valence-electron chi connectivity index (χ1n) is 3.52. The standard InChI is InChI=1S/C8H16BrOS/c1-6(10)7(9)8(2,3)11(4)5/h7H,1-5H3/q+1. The van der Waals surface area contributed by atoms with E-state index in [0.717, 1.165) is 0 Å². The maximum atomic E-state index is 11.1. The summed E-state index contributed by atoms with van der Waals surface area (Å²) in [6, 6.07) is 0. The molecular formula is C8H16BrOS+. The molecular weight excluding hydrogens is 224 g/mol. The maximum absolute atomic E-state index is 11.1. The molecule has 66 valence electrons. The molecule has 0 aliphatic heterocycles. The third kappa shape index (κ3) is 2.79. The molecule has 1 atom stereocenters. The van der Waals surface area contributed by atoms with E-state index >= 15 is 0 Å². The number of carbonyl (C=O) groups excluding carboxylic acids is 1. The molecule has 0 heterocycles. The van der Waals surface area contributed by atoms with Crippen LogP contribution in [-0.4, -0.2) is 27.9 Å². The van der Waals surface area contributed by atoms with Crippen molar-refractivity contribution >= 4 is 32.6 Å². The van der Waals surface area contributed by atoms with Crippen LogP contribution in [0, 0.1) is 0 Å². The number of ketones is 1. The van der Waals surface area contributed by atoms with Gasteiger partial charge >= 0.3 is 0 Å². The van der Waals surface area contributed by atoms with Crippen LogP contribution in [0.4, 0.5) is 0 Å². The van der Waals surface area contributed by atoms with Crippen LogP contribution in [-0.2, 0) is 15.7 Å². The van der Waals surface area contributed by atoms with Gasteiger partial charge in [-0.25, -0.2) is 0 Å². The minimum atomic E-state index is -0.00617. The van der Waals surface area contributed by atoms with Crippen molar-refractivity contribution in [2.75, 3.05) is 12.5 Å². The zero-order valence-corrected chi connectivity index (χ0v) is 10.2. The second kappa shape index (κ2) is 3.94. The molecule has 11 heavy (non-hydrogen) atoms. The molecule has 0 N–H and O–H groups in total. The molecule has 1 unspecified atom stereocenters. The molecule has 1 nitrogen and oxygen atoms in total. The molecule has 0 saturated heterocycles. The minimum Gasteiger partial charge on any atom is -0.299 e. The Bertz CT molecular complexity index is 154. The van der Waals surface area contributed by atoms with Crippen LogP contribution in [0.3, 0.4) is 0 Å². The van der Waals surface area contributed by atoms with E-state index in [-0.39, 0.29) is 26.3 Å². The number of halogens is 1. The summed E-state index contributed by atoms with van der Waals surface area (Å²) >= 11 is 3.42. The lowest BCUT2D eigenvalue weighted by Crippen LogP contribution is -2.43. The van der Waals surface area contributed by atoms with Crippen LogP contribution in [0.25, 0.3) is 0 Å². The number of Topliss-reactive ketones (excluding diaryl/α,β-unsaturated/α-hetero) is 1.